The predicted molar refractivity (Wildman–Crippen MR) is 293 cm³/mol. The molecule has 0 aliphatic carbocycles. The van der Waals surface area contributed by atoms with E-state index in [0.717, 1.165) is 89.9 Å². The second-order valence-electron chi connectivity index (χ2n) is 18.8. The molecule has 0 aliphatic heterocycles. The van der Waals surface area contributed by atoms with Gasteiger partial charge in [0.25, 0.3) is 0 Å². The maximum atomic E-state index is 12.8. The van der Waals surface area contributed by atoms with Gasteiger partial charge < -0.3 is 14.2 Å². The molecule has 0 spiro atoms. The average molecular weight is 948 g/mol. The Bertz CT molecular complexity index is 1320. The van der Waals surface area contributed by atoms with Crippen LogP contribution in [-0.2, 0) is 28.6 Å². The Morgan fingerprint density at radius 1 is 0.309 bits per heavy atom. The molecule has 0 radical (unpaired) electrons. The summed E-state index contributed by atoms with van der Waals surface area (Å²) < 4.78 is 16.8. The van der Waals surface area contributed by atoms with Gasteiger partial charge in [0.15, 0.2) is 6.10 Å². The van der Waals surface area contributed by atoms with Crippen LogP contribution in [0.5, 0.6) is 0 Å². The Balaban J connectivity index is 4.43. The number of carbonyl (C=O) groups excluding carboxylic acids is 3. The highest BCUT2D eigenvalue weighted by atomic mass is 16.6. The first kappa shape index (κ1) is 64.6. The van der Waals surface area contributed by atoms with Crippen LogP contribution in [0.15, 0.2) is 85.1 Å². The van der Waals surface area contributed by atoms with Gasteiger partial charge in [0.05, 0.1) is 0 Å². The summed E-state index contributed by atoms with van der Waals surface area (Å²) in [4.78, 5) is 38.1. The molecule has 0 heterocycles. The second-order valence-corrected chi connectivity index (χ2v) is 18.8. The second kappa shape index (κ2) is 56.2. The maximum Gasteiger partial charge on any atom is 0.306 e. The number of esters is 3. The molecule has 390 valence electrons. The van der Waals surface area contributed by atoms with Gasteiger partial charge in [-0.3, -0.25) is 14.4 Å². The van der Waals surface area contributed by atoms with Crippen molar-refractivity contribution >= 4 is 17.9 Å². The van der Waals surface area contributed by atoms with Crippen LogP contribution in [0.3, 0.4) is 0 Å². The third-order valence-corrected chi connectivity index (χ3v) is 12.2. The summed E-state index contributed by atoms with van der Waals surface area (Å²) in [6.07, 6.45) is 72.9. The van der Waals surface area contributed by atoms with E-state index < -0.39 is 6.10 Å². The van der Waals surface area contributed by atoms with E-state index in [2.05, 4.69) is 106 Å². The maximum absolute atomic E-state index is 12.8. The van der Waals surface area contributed by atoms with Gasteiger partial charge in [-0.15, -0.1) is 0 Å². The predicted octanol–water partition coefficient (Wildman–Crippen LogP) is 19.2. The third kappa shape index (κ3) is 53.5. The highest BCUT2D eigenvalue weighted by molar-refractivity contribution is 5.71. The Labute approximate surface area is 420 Å². The zero-order chi connectivity index (χ0) is 49.3. The van der Waals surface area contributed by atoms with Crippen molar-refractivity contribution in [3.8, 4) is 0 Å². The van der Waals surface area contributed by atoms with Crippen molar-refractivity contribution in [2.75, 3.05) is 13.2 Å². The van der Waals surface area contributed by atoms with Crippen LogP contribution in [0, 0.1) is 0 Å². The summed E-state index contributed by atoms with van der Waals surface area (Å²) in [7, 11) is 0. The van der Waals surface area contributed by atoms with E-state index >= 15 is 0 Å². The lowest BCUT2D eigenvalue weighted by Crippen LogP contribution is -2.30. The Morgan fingerprint density at radius 3 is 0.897 bits per heavy atom. The van der Waals surface area contributed by atoms with Crippen LogP contribution in [0.25, 0.3) is 0 Å². The van der Waals surface area contributed by atoms with Gasteiger partial charge in [0.2, 0.25) is 0 Å². The van der Waals surface area contributed by atoms with Crippen LogP contribution < -0.4 is 0 Å². The molecule has 68 heavy (non-hydrogen) atoms. The van der Waals surface area contributed by atoms with Gasteiger partial charge in [0.1, 0.15) is 13.2 Å². The van der Waals surface area contributed by atoms with E-state index in [1.165, 1.54) is 135 Å². The molecule has 0 aromatic rings. The van der Waals surface area contributed by atoms with Crippen LogP contribution >= 0.6 is 0 Å². The fourth-order valence-corrected chi connectivity index (χ4v) is 7.90. The molecule has 1 atom stereocenters. The summed E-state index contributed by atoms with van der Waals surface area (Å²) in [5, 5.41) is 0. The van der Waals surface area contributed by atoms with Crippen molar-refractivity contribution in [3.05, 3.63) is 85.1 Å². The van der Waals surface area contributed by atoms with Crippen LogP contribution in [0.1, 0.15) is 271 Å². The average Bonchev–Trinajstić information content (AvgIpc) is 3.34. The van der Waals surface area contributed by atoms with Crippen LogP contribution in [0.4, 0.5) is 0 Å². The number of rotatable bonds is 51. The van der Waals surface area contributed by atoms with Gasteiger partial charge in [0, 0.05) is 19.3 Å². The summed E-state index contributed by atoms with van der Waals surface area (Å²) in [6, 6.07) is 0. The number of carbonyl (C=O) groups is 3. The summed E-state index contributed by atoms with van der Waals surface area (Å²) >= 11 is 0. The summed E-state index contributed by atoms with van der Waals surface area (Å²) in [5.74, 6) is -0.945. The number of allylic oxidation sites excluding steroid dienone is 14. The van der Waals surface area contributed by atoms with E-state index in [1.807, 2.05) is 0 Å². The molecular weight excluding hydrogens is 841 g/mol. The van der Waals surface area contributed by atoms with E-state index in [4.69, 9.17) is 14.2 Å². The summed E-state index contributed by atoms with van der Waals surface area (Å²) in [6.45, 7) is 6.49. The molecule has 0 saturated heterocycles. The summed E-state index contributed by atoms with van der Waals surface area (Å²) in [5.41, 5.74) is 0. The zero-order valence-electron chi connectivity index (χ0n) is 44.6. The normalized spacial score (nSPS) is 12.7. The molecule has 0 aromatic carbocycles. The lowest BCUT2D eigenvalue weighted by molar-refractivity contribution is -0.167. The third-order valence-electron chi connectivity index (χ3n) is 12.2. The molecule has 1 unspecified atom stereocenters. The van der Waals surface area contributed by atoms with E-state index in [9.17, 15) is 14.4 Å². The fraction of sp³-hybridized carbons (Fsp3) is 0.726. The fourth-order valence-electron chi connectivity index (χ4n) is 7.90. The van der Waals surface area contributed by atoms with Crippen molar-refractivity contribution in [2.45, 2.75) is 277 Å². The molecule has 0 N–H and O–H groups in total. The molecule has 0 rings (SSSR count). The van der Waals surface area contributed by atoms with Crippen molar-refractivity contribution in [1.29, 1.82) is 0 Å². The first-order valence-electron chi connectivity index (χ1n) is 28.6. The van der Waals surface area contributed by atoms with Crippen molar-refractivity contribution in [1.82, 2.24) is 0 Å². The minimum atomic E-state index is -0.796. The van der Waals surface area contributed by atoms with Gasteiger partial charge >= 0.3 is 17.9 Å². The van der Waals surface area contributed by atoms with Crippen molar-refractivity contribution < 1.29 is 28.6 Å². The lowest BCUT2D eigenvalue weighted by atomic mass is 10.0. The van der Waals surface area contributed by atoms with Gasteiger partial charge in [-0.1, -0.05) is 266 Å². The molecule has 0 aliphatic rings. The molecule has 6 nitrogen and oxygen atoms in total. The van der Waals surface area contributed by atoms with E-state index in [0.29, 0.717) is 19.3 Å². The SMILES string of the molecule is CC/C=C\C/C=C\C/C=C\C/C=C\C/C=C\C/C=C\C/C=C\CCCC(=O)OCC(COC(=O)CCCCCCCCCCCCCCC)OC(=O)CCCCCCCCCCCCCCCC. The monoisotopic (exact) mass is 947 g/mol. The molecule has 0 fully saturated rings. The van der Waals surface area contributed by atoms with E-state index in [1.54, 1.807) is 0 Å². The topological polar surface area (TPSA) is 78.9 Å². The minimum Gasteiger partial charge on any atom is -0.462 e. The quantitative estimate of drug-likeness (QED) is 0.0262. The van der Waals surface area contributed by atoms with Crippen LogP contribution in [0.2, 0.25) is 0 Å². The Hall–Kier alpha value is -3.41. The van der Waals surface area contributed by atoms with Crippen LogP contribution in [-0.4, -0.2) is 37.2 Å². The smallest absolute Gasteiger partial charge is 0.306 e. The Morgan fingerprint density at radius 2 is 0.574 bits per heavy atom. The molecule has 6 heteroatoms. The molecule has 0 saturated carbocycles. The van der Waals surface area contributed by atoms with Crippen molar-refractivity contribution in [3.63, 3.8) is 0 Å². The number of hydrogen-bond donors (Lipinski definition) is 0. The van der Waals surface area contributed by atoms with Gasteiger partial charge in [-0.2, -0.15) is 0 Å². The van der Waals surface area contributed by atoms with Crippen molar-refractivity contribution in [2.24, 2.45) is 0 Å². The van der Waals surface area contributed by atoms with E-state index in [-0.39, 0.29) is 37.5 Å². The zero-order valence-corrected chi connectivity index (χ0v) is 44.6. The number of hydrogen-bond acceptors (Lipinski definition) is 6. The molecule has 0 aromatic heterocycles. The number of unbranched alkanes of at least 4 members (excludes halogenated alkanes) is 26. The van der Waals surface area contributed by atoms with Gasteiger partial charge in [-0.05, 0) is 70.6 Å². The first-order chi connectivity index (χ1) is 33.5. The molecule has 0 bridgehead atoms. The molecular formula is C62H106O6. The molecule has 0 amide bonds. The first-order valence-corrected chi connectivity index (χ1v) is 28.6. The van der Waals surface area contributed by atoms with Gasteiger partial charge in [-0.25, -0.2) is 0 Å². The number of ether oxygens (including phenoxy) is 3. The highest BCUT2D eigenvalue weighted by Gasteiger charge is 2.19. The lowest BCUT2D eigenvalue weighted by Gasteiger charge is -2.18. The highest BCUT2D eigenvalue weighted by Crippen LogP contribution is 2.16. The minimum absolute atomic E-state index is 0.0909. The standard InChI is InChI=1S/C62H106O6/c1-4-7-10-13-16-19-22-25-27-28-29-30-31-32-33-34-35-38-40-43-46-49-52-55-61(64)67-58-59(57-66-60(63)54-51-48-45-42-39-36-24-21-18-15-12-9-6-3)68-62(65)56-53-50-47-44-41-37-26-23-20-17-14-11-8-5-2/h7,10,16,19,25,27,29-30,32-33,35,38,43,46,59H,4-6,8-9,11-15,17-18,20-24,26,28,31,34,36-37,39-42,44-45,47-58H2,1-3H3/b10-7-,19-16-,27-25-,30-29-,33-32-,38-35-,46-43-. The largest absolute Gasteiger partial charge is 0.462 e. The Kier molecular flexibility index (Phi) is 53.4.